The van der Waals surface area contributed by atoms with Crippen LogP contribution in [0.15, 0.2) is 18.7 Å². The Hall–Kier alpha value is -2.28. The second-order valence-electron chi connectivity index (χ2n) is 7.39. The van der Waals surface area contributed by atoms with Gasteiger partial charge in [0.05, 0.1) is 5.39 Å². The predicted molar refractivity (Wildman–Crippen MR) is 110 cm³/mol. The van der Waals surface area contributed by atoms with Crippen molar-refractivity contribution < 1.29 is 0 Å². The second kappa shape index (κ2) is 7.03. The lowest BCUT2D eigenvalue weighted by Crippen LogP contribution is -2.39. The fourth-order valence-corrected chi connectivity index (χ4v) is 5.47. The molecule has 0 aromatic carbocycles. The smallest absolute Gasteiger partial charge is 0.138 e. The van der Waals surface area contributed by atoms with E-state index in [-0.39, 0.29) is 0 Å². The molecule has 5 rings (SSSR count). The Labute approximate surface area is 163 Å². The number of rotatable bonds is 4. The normalized spacial score (nSPS) is 17.4. The van der Waals surface area contributed by atoms with Gasteiger partial charge in [-0.25, -0.2) is 19.9 Å². The van der Waals surface area contributed by atoms with Gasteiger partial charge in [0.1, 0.15) is 29.1 Å². The van der Waals surface area contributed by atoms with Crippen LogP contribution in [0.25, 0.3) is 10.2 Å². The highest BCUT2D eigenvalue weighted by molar-refractivity contribution is 7.19. The third-order valence-electron chi connectivity index (χ3n) is 5.73. The second-order valence-corrected chi connectivity index (χ2v) is 8.47. The molecule has 1 N–H and O–H groups in total. The van der Waals surface area contributed by atoms with Crippen LogP contribution in [0.1, 0.15) is 42.3 Å². The summed E-state index contributed by atoms with van der Waals surface area (Å²) in [5, 5.41) is 5.01. The van der Waals surface area contributed by atoms with E-state index in [9.17, 15) is 0 Å². The molecule has 0 bridgehead atoms. The fourth-order valence-electron chi connectivity index (χ4n) is 4.24. The summed E-state index contributed by atoms with van der Waals surface area (Å²) in [5.74, 6) is 2.09. The molecule has 4 heterocycles. The Morgan fingerprint density at radius 1 is 1.11 bits per heavy atom. The minimum atomic E-state index is 0.448. The number of aryl methyl sites for hydroxylation is 3. The van der Waals surface area contributed by atoms with Gasteiger partial charge in [-0.05, 0) is 44.1 Å². The molecule has 2 aliphatic rings. The number of hydrogen-bond acceptors (Lipinski definition) is 7. The molecule has 0 amide bonds. The fraction of sp³-hybridized carbons (Fsp3) is 0.500. The van der Waals surface area contributed by atoms with E-state index < -0.39 is 0 Å². The van der Waals surface area contributed by atoms with Gasteiger partial charge >= 0.3 is 0 Å². The SMILES string of the molecule is CCc1cc(N2CCC(Nc3ncnc4sc5c(c34)CCC5)CC2)ncn1. The molecule has 27 heavy (non-hydrogen) atoms. The van der Waals surface area contributed by atoms with Crippen LogP contribution in [-0.4, -0.2) is 39.1 Å². The summed E-state index contributed by atoms with van der Waals surface area (Å²) in [6, 6.07) is 2.57. The molecule has 0 atom stereocenters. The quantitative estimate of drug-likeness (QED) is 0.746. The summed E-state index contributed by atoms with van der Waals surface area (Å²) in [6.45, 7) is 4.15. The highest BCUT2D eigenvalue weighted by atomic mass is 32.1. The van der Waals surface area contributed by atoms with Crippen LogP contribution in [0.4, 0.5) is 11.6 Å². The van der Waals surface area contributed by atoms with Crippen molar-refractivity contribution in [2.75, 3.05) is 23.3 Å². The monoisotopic (exact) mass is 380 g/mol. The lowest BCUT2D eigenvalue weighted by atomic mass is 10.0. The van der Waals surface area contributed by atoms with Crippen molar-refractivity contribution in [3.63, 3.8) is 0 Å². The number of anilines is 2. The Kier molecular flexibility index (Phi) is 4.39. The van der Waals surface area contributed by atoms with Crippen LogP contribution >= 0.6 is 11.3 Å². The van der Waals surface area contributed by atoms with Crippen molar-refractivity contribution in [1.29, 1.82) is 0 Å². The molecule has 140 valence electrons. The van der Waals surface area contributed by atoms with E-state index in [4.69, 9.17) is 0 Å². The van der Waals surface area contributed by atoms with Crippen LogP contribution in [0.5, 0.6) is 0 Å². The van der Waals surface area contributed by atoms with Gasteiger partial charge in [-0.2, -0.15) is 0 Å². The molecular weight excluding hydrogens is 356 g/mol. The summed E-state index contributed by atoms with van der Waals surface area (Å²) in [7, 11) is 0. The zero-order valence-electron chi connectivity index (χ0n) is 15.6. The molecule has 1 aliphatic carbocycles. The zero-order chi connectivity index (χ0) is 18.2. The van der Waals surface area contributed by atoms with Gasteiger partial charge in [0.15, 0.2) is 0 Å². The minimum absolute atomic E-state index is 0.448. The molecule has 0 radical (unpaired) electrons. The molecule has 3 aromatic heterocycles. The average Bonchev–Trinajstić information content (AvgIpc) is 3.30. The first-order chi connectivity index (χ1) is 13.3. The molecule has 3 aromatic rings. The van der Waals surface area contributed by atoms with E-state index in [1.165, 1.54) is 35.1 Å². The van der Waals surface area contributed by atoms with Gasteiger partial charge in [0, 0.05) is 35.8 Å². The number of piperidine rings is 1. The molecule has 6 nitrogen and oxygen atoms in total. The Bertz CT molecular complexity index is 960. The number of nitrogens with one attached hydrogen (secondary N) is 1. The largest absolute Gasteiger partial charge is 0.367 e. The van der Waals surface area contributed by atoms with Gasteiger partial charge in [-0.15, -0.1) is 11.3 Å². The first kappa shape index (κ1) is 16.9. The van der Waals surface area contributed by atoms with Crippen molar-refractivity contribution in [3.05, 3.63) is 34.9 Å². The first-order valence-electron chi connectivity index (χ1n) is 9.89. The number of thiophene rings is 1. The summed E-state index contributed by atoms with van der Waals surface area (Å²) in [4.78, 5) is 22.9. The summed E-state index contributed by atoms with van der Waals surface area (Å²) < 4.78 is 0. The first-order valence-corrected chi connectivity index (χ1v) is 10.7. The highest BCUT2D eigenvalue weighted by Crippen LogP contribution is 2.39. The maximum atomic E-state index is 4.60. The third-order valence-corrected chi connectivity index (χ3v) is 6.93. The van der Waals surface area contributed by atoms with Crippen LogP contribution in [0.2, 0.25) is 0 Å². The number of aromatic nitrogens is 4. The standard InChI is InChI=1S/C20H24N6S/c1-2-13-10-17(22-11-21-13)26-8-6-14(7-9-26)25-19-18-15-4-3-5-16(15)27-20(18)24-12-23-19/h10-12,14H,2-9H2,1H3,(H,23,24,25). The van der Waals surface area contributed by atoms with Gasteiger partial charge in [0.2, 0.25) is 0 Å². The van der Waals surface area contributed by atoms with Gasteiger partial charge in [0.25, 0.3) is 0 Å². The van der Waals surface area contributed by atoms with E-state index >= 15 is 0 Å². The molecule has 0 unspecified atom stereocenters. The molecule has 0 spiro atoms. The summed E-state index contributed by atoms with van der Waals surface area (Å²) in [5.41, 5.74) is 2.60. The molecule has 1 fully saturated rings. The molecule has 1 aliphatic heterocycles. The van der Waals surface area contributed by atoms with Gasteiger partial charge in [-0.1, -0.05) is 6.92 Å². The van der Waals surface area contributed by atoms with Gasteiger partial charge < -0.3 is 10.2 Å². The Balaban J connectivity index is 1.30. The zero-order valence-corrected chi connectivity index (χ0v) is 16.4. The van der Waals surface area contributed by atoms with Crippen molar-refractivity contribution in [1.82, 2.24) is 19.9 Å². The van der Waals surface area contributed by atoms with E-state index in [2.05, 4.69) is 43.1 Å². The van der Waals surface area contributed by atoms with Crippen LogP contribution in [0, 0.1) is 0 Å². The van der Waals surface area contributed by atoms with Crippen LogP contribution in [0.3, 0.4) is 0 Å². The van der Waals surface area contributed by atoms with E-state index in [0.29, 0.717) is 6.04 Å². The lowest BCUT2D eigenvalue weighted by Gasteiger charge is -2.33. The van der Waals surface area contributed by atoms with Crippen molar-refractivity contribution in [2.24, 2.45) is 0 Å². The predicted octanol–water partition coefficient (Wildman–Crippen LogP) is 3.61. The maximum absolute atomic E-state index is 4.60. The summed E-state index contributed by atoms with van der Waals surface area (Å²) in [6.07, 6.45) is 10.2. The molecule has 7 heteroatoms. The van der Waals surface area contributed by atoms with E-state index in [0.717, 1.165) is 54.5 Å². The maximum Gasteiger partial charge on any atom is 0.138 e. The lowest BCUT2D eigenvalue weighted by molar-refractivity contribution is 0.522. The topological polar surface area (TPSA) is 66.8 Å². The third kappa shape index (κ3) is 3.14. The minimum Gasteiger partial charge on any atom is -0.367 e. The van der Waals surface area contributed by atoms with Crippen molar-refractivity contribution in [3.8, 4) is 0 Å². The average molecular weight is 381 g/mol. The Morgan fingerprint density at radius 2 is 1.96 bits per heavy atom. The summed E-state index contributed by atoms with van der Waals surface area (Å²) >= 11 is 1.85. The van der Waals surface area contributed by atoms with Crippen LogP contribution < -0.4 is 10.2 Å². The molecular formula is C20H24N6S. The molecule has 0 saturated carbocycles. The Morgan fingerprint density at radius 3 is 2.81 bits per heavy atom. The van der Waals surface area contributed by atoms with E-state index in [1.54, 1.807) is 12.7 Å². The van der Waals surface area contributed by atoms with Crippen molar-refractivity contribution in [2.45, 2.75) is 51.5 Å². The number of fused-ring (bicyclic) bond motifs is 3. The van der Waals surface area contributed by atoms with E-state index in [1.807, 2.05) is 11.3 Å². The van der Waals surface area contributed by atoms with Crippen LogP contribution in [-0.2, 0) is 19.3 Å². The van der Waals surface area contributed by atoms with Crippen molar-refractivity contribution >= 4 is 33.2 Å². The highest BCUT2D eigenvalue weighted by Gasteiger charge is 2.24. The number of nitrogens with zero attached hydrogens (tertiary/aromatic N) is 5. The number of hydrogen-bond donors (Lipinski definition) is 1. The molecule has 1 saturated heterocycles. The van der Waals surface area contributed by atoms with Gasteiger partial charge in [-0.3, -0.25) is 0 Å².